The largest absolute Gasteiger partial charge is 0.496 e. The molecule has 11 heteroatoms. The Morgan fingerprint density at radius 3 is 2.33 bits per heavy atom. The number of aryl methyl sites for hydroxylation is 1. The Morgan fingerprint density at radius 1 is 1.15 bits per heavy atom. The molecule has 178 valence electrons. The van der Waals surface area contributed by atoms with Gasteiger partial charge >= 0.3 is 5.97 Å². The Bertz CT molecular complexity index is 1100. The van der Waals surface area contributed by atoms with E-state index in [2.05, 4.69) is 10.6 Å². The molecule has 1 heterocycles. The molecule has 0 fully saturated rings. The molecular weight excluding hydrogens is 450 g/mol. The number of benzene rings is 1. The van der Waals surface area contributed by atoms with E-state index in [0.29, 0.717) is 10.6 Å². The highest BCUT2D eigenvalue weighted by Crippen LogP contribution is 2.34. The first-order chi connectivity index (χ1) is 15.3. The molecule has 0 aliphatic rings. The van der Waals surface area contributed by atoms with Gasteiger partial charge in [-0.3, -0.25) is 19.7 Å². The van der Waals surface area contributed by atoms with Crippen LogP contribution in [0.5, 0.6) is 5.75 Å². The van der Waals surface area contributed by atoms with Crippen LogP contribution in [0.1, 0.15) is 48.5 Å². The van der Waals surface area contributed by atoms with Crippen molar-refractivity contribution in [2.45, 2.75) is 47.6 Å². The van der Waals surface area contributed by atoms with Gasteiger partial charge in [0.05, 0.1) is 23.7 Å². The Morgan fingerprint density at radius 2 is 1.79 bits per heavy atom. The standard InChI is InChI=1S/C22H27N3O7S/c1-11-13(3)33-19(24-21(28)22(4,5)6)17(11)20(27)32-12(2)18(26)23-15-9-8-14(31-7)10-16(15)25(29)30/h8-10,12H,1-7H3,(H,23,26)(H,24,28). The lowest BCUT2D eigenvalue weighted by Crippen LogP contribution is -2.31. The lowest BCUT2D eigenvalue weighted by atomic mass is 9.96. The molecule has 10 nitrogen and oxygen atoms in total. The second-order valence-corrected chi connectivity index (χ2v) is 9.59. The predicted molar refractivity (Wildman–Crippen MR) is 125 cm³/mol. The molecule has 0 aliphatic carbocycles. The van der Waals surface area contributed by atoms with Crippen molar-refractivity contribution >= 4 is 45.5 Å². The summed E-state index contributed by atoms with van der Waals surface area (Å²) in [5.41, 5.74) is -0.294. The fourth-order valence-electron chi connectivity index (χ4n) is 2.65. The maximum absolute atomic E-state index is 12.9. The number of hydrogen-bond donors (Lipinski definition) is 2. The van der Waals surface area contributed by atoms with Crippen LogP contribution in [0.3, 0.4) is 0 Å². The lowest BCUT2D eigenvalue weighted by molar-refractivity contribution is -0.384. The molecule has 1 unspecified atom stereocenters. The Labute approximate surface area is 195 Å². The molecular formula is C22H27N3O7S. The first-order valence-electron chi connectivity index (χ1n) is 10.0. The van der Waals surface area contributed by atoms with Gasteiger partial charge in [0.2, 0.25) is 5.91 Å². The smallest absolute Gasteiger partial charge is 0.342 e. The van der Waals surface area contributed by atoms with E-state index in [1.807, 2.05) is 6.92 Å². The summed E-state index contributed by atoms with van der Waals surface area (Å²) < 4.78 is 10.3. The minimum atomic E-state index is -1.26. The van der Waals surface area contributed by atoms with Crippen molar-refractivity contribution in [1.29, 1.82) is 0 Å². The van der Waals surface area contributed by atoms with Crippen molar-refractivity contribution in [3.8, 4) is 5.75 Å². The van der Waals surface area contributed by atoms with E-state index in [9.17, 15) is 24.5 Å². The fourth-order valence-corrected chi connectivity index (χ4v) is 3.70. The van der Waals surface area contributed by atoms with Gasteiger partial charge in [-0.2, -0.15) is 0 Å². The summed E-state index contributed by atoms with van der Waals surface area (Å²) in [7, 11) is 1.37. The zero-order chi connectivity index (χ0) is 25.1. The second-order valence-electron chi connectivity index (χ2n) is 8.37. The normalized spacial score (nSPS) is 12.0. The van der Waals surface area contributed by atoms with E-state index < -0.39 is 28.3 Å². The van der Waals surface area contributed by atoms with Gasteiger partial charge in [0.15, 0.2) is 6.10 Å². The molecule has 2 rings (SSSR count). The summed E-state index contributed by atoms with van der Waals surface area (Å²) in [5.74, 6) is -1.54. The first-order valence-corrected chi connectivity index (χ1v) is 10.8. The van der Waals surface area contributed by atoms with Gasteiger partial charge in [0.25, 0.3) is 11.6 Å². The van der Waals surface area contributed by atoms with Gasteiger partial charge in [-0.25, -0.2) is 4.79 Å². The van der Waals surface area contributed by atoms with E-state index in [1.54, 1.807) is 27.7 Å². The number of anilines is 2. The minimum absolute atomic E-state index is 0.0608. The first kappa shape index (κ1) is 25.8. The minimum Gasteiger partial charge on any atom is -0.496 e. The molecule has 0 bridgehead atoms. The quantitative estimate of drug-likeness (QED) is 0.341. The van der Waals surface area contributed by atoms with Gasteiger partial charge in [-0.15, -0.1) is 11.3 Å². The van der Waals surface area contributed by atoms with E-state index in [4.69, 9.17) is 9.47 Å². The highest BCUT2D eigenvalue weighted by Gasteiger charge is 2.29. The molecule has 0 radical (unpaired) electrons. The number of ether oxygens (including phenoxy) is 2. The molecule has 0 aliphatic heterocycles. The molecule has 1 atom stereocenters. The number of amides is 2. The van der Waals surface area contributed by atoms with Crippen molar-refractivity contribution in [3.05, 3.63) is 44.3 Å². The zero-order valence-corrected chi connectivity index (χ0v) is 20.3. The molecule has 2 amide bonds. The number of esters is 1. The third-order valence-corrected chi connectivity index (χ3v) is 5.93. The summed E-state index contributed by atoms with van der Waals surface area (Å²) in [6.45, 7) is 10.1. The van der Waals surface area contributed by atoms with Crippen LogP contribution < -0.4 is 15.4 Å². The monoisotopic (exact) mass is 477 g/mol. The number of thiophene rings is 1. The fraction of sp³-hybridized carbons (Fsp3) is 0.409. The maximum Gasteiger partial charge on any atom is 0.342 e. The van der Waals surface area contributed by atoms with Crippen LogP contribution in [-0.4, -0.2) is 35.9 Å². The SMILES string of the molecule is COc1ccc(NC(=O)C(C)OC(=O)c2c(NC(=O)C(C)(C)C)sc(C)c2C)c([N+](=O)[O-])c1. The molecule has 0 spiro atoms. The van der Waals surface area contributed by atoms with E-state index in [0.717, 1.165) is 4.88 Å². The van der Waals surface area contributed by atoms with Gasteiger partial charge in [-0.1, -0.05) is 20.8 Å². The van der Waals surface area contributed by atoms with Gasteiger partial charge < -0.3 is 20.1 Å². The van der Waals surface area contributed by atoms with Crippen LogP contribution in [0.15, 0.2) is 18.2 Å². The highest BCUT2D eigenvalue weighted by atomic mass is 32.1. The molecule has 2 aromatic rings. The Hall–Kier alpha value is -3.47. The van der Waals surface area contributed by atoms with E-state index in [-0.39, 0.29) is 28.6 Å². The van der Waals surface area contributed by atoms with Crippen LogP contribution in [0.2, 0.25) is 0 Å². The van der Waals surface area contributed by atoms with Gasteiger partial charge in [0, 0.05) is 10.3 Å². The number of methoxy groups -OCH3 is 1. The van der Waals surface area contributed by atoms with Crippen molar-refractivity contribution in [2.75, 3.05) is 17.7 Å². The van der Waals surface area contributed by atoms with Crippen LogP contribution in [0.25, 0.3) is 0 Å². The molecule has 0 saturated heterocycles. The molecule has 1 aromatic carbocycles. The average Bonchev–Trinajstić information content (AvgIpc) is 3.00. The van der Waals surface area contributed by atoms with Crippen LogP contribution >= 0.6 is 11.3 Å². The van der Waals surface area contributed by atoms with E-state index in [1.165, 1.54) is 43.6 Å². The highest BCUT2D eigenvalue weighted by molar-refractivity contribution is 7.16. The number of rotatable bonds is 7. The number of nitro benzene ring substituents is 1. The van der Waals surface area contributed by atoms with Crippen molar-refractivity contribution in [2.24, 2.45) is 5.41 Å². The lowest BCUT2D eigenvalue weighted by Gasteiger charge is -2.18. The molecule has 0 saturated carbocycles. The topological polar surface area (TPSA) is 137 Å². The summed E-state index contributed by atoms with van der Waals surface area (Å²) in [6, 6.07) is 3.96. The summed E-state index contributed by atoms with van der Waals surface area (Å²) in [5, 5.41) is 16.8. The van der Waals surface area contributed by atoms with Crippen molar-refractivity contribution < 1.29 is 28.8 Å². The number of carbonyl (C=O) groups excluding carboxylic acids is 3. The van der Waals surface area contributed by atoms with E-state index >= 15 is 0 Å². The van der Waals surface area contributed by atoms with Crippen molar-refractivity contribution in [1.82, 2.24) is 0 Å². The van der Waals surface area contributed by atoms with Crippen LogP contribution in [0.4, 0.5) is 16.4 Å². The molecule has 1 aromatic heterocycles. The summed E-state index contributed by atoms with van der Waals surface area (Å²) in [4.78, 5) is 49.4. The molecule has 33 heavy (non-hydrogen) atoms. The maximum atomic E-state index is 12.9. The third-order valence-electron chi connectivity index (χ3n) is 4.81. The Kier molecular flexibility index (Phi) is 7.80. The summed E-state index contributed by atoms with van der Waals surface area (Å²) in [6.07, 6.45) is -1.26. The third kappa shape index (κ3) is 6.07. The number of carbonyl (C=O) groups is 3. The summed E-state index contributed by atoms with van der Waals surface area (Å²) >= 11 is 1.24. The Balaban J connectivity index is 2.21. The second kappa shape index (κ2) is 9.99. The van der Waals surface area contributed by atoms with Crippen molar-refractivity contribution in [3.63, 3.8) is 0 Å². The molecule has 2 N–H and O–H groups in total. The number of nitro groups is 1. The number of nitrogens with zero attached hydrogens (tertiary/aromatic N) is 1. The van der Waals surface area contributed by atoms with Gasteiger partial charge in [0.1, 0.15) is 16.4 Å². The van der Waals surface area contributed by atoms with Gasteiger partial charge in [-0.05, 0) is 38.5 Å². The zero-order valence-electron chi connectivity index (χ0n) is 19.5. The predicted octanol–water partition coefficient (Wildman–Crippen LogP) is 4.45. The number of nitrogens with one attached hydrogen (secondary N) is 2. The number of hydrogen-bond acceptors (Lipinski definition) is 8. The van der Waals surface area contributed by atoms with Crippen LogP contribution in [-0.2, 0) is 14.3 Å². The average molecular weight is 478 g/mol. The van der Waals surface area contributed by atoms with Crippen LogP contribution in [0, 0.1) is 29.4 Å².